The van der Waals surface area contributed by atoms with E-state index < -0.39 is 16.9 Å². The number of benzene rings is 1. The molecule has 8 nitrogen and oxygen atoms in total. The Balaban J connectivity index is 1.93. The van der Waals surface area contributed by atoms with E-state index in [2.05, 4.69) is 9.97 Å². The first-order valence-corrected chi connectivity index (χ1v) is 9.40. The van der Waals surface area contributed by atoms with Crippen molar-refractivity contribution >= 4 is 50.6 Å². The molecule has 3 heterocycles. The van der Waals surface area contributed by atoms with Crippen molar-refractivity contribution < 1.29 is 14.8 Å². The topological polar surface area (TPSA) is 109 Å². The Morgan fingerprint density at radius 1 is 1.41 bits per heavy atom. The van der Waals surface area contributed by atoms with Crippen LogP contribution in [-0.4, -0.2) is 38.6 Å². The van der Waals surface area contributed by atoms with E-state index in [4.69, 9.17) is 11.6 Å². The molecule has 1 saturated heterocycles. The second kappa shape index (κ2) is 6.75. The van der Waals surface area contributed by atoms with Crippen LogP contribution in [0.5, 0.6) is 0 Å². The summed E-state index contributed by atoms with van der Waals surface area (Å²) >= 11 is 7.41. The van der Waals surface area contributed by atoms with E-state index in [1.807, 2.05) is 5.38 Å². The molecule has 3 aromatic rings. The molecule has 4 rings (SSSR count). The van der Waals surface area contributed by atoms with Crippen LogP contribution in [0.25, 0.3) is 21.3 Å². The van der Waals surface area contributed by atoms with E-state index in [1.165, 1.54) is 23.5 Å². The Labute approximate surface area is 162 Å². The molecule has 0 bridgehead atoms. The van der Waals surface area contributed by atoms with Crippen molar-refractivity contribution in [1.29, 1.82) is 0 Å². The van der Waals surface area contributed by atoms with Gasteiger partial charge in [0.1, 0.15) is 16.7 Å². The lowest BCUT2D eigenvalue weighted by Gasteiger charge is -2.23. The van der Waals surface area contributed by atoms with Crippen LogP contribution >= 0.6 is 22.9 Å². The number of aromatic nitrogens is 2. The van der Waals surface area contributed by atoms with E-state index in [0.29, 0.717) is 34.6 Å². The maximum absolute atomic E-state index is 11.6. The summed E-state index contributed by atoms with van der Waals surface area (Å²) < 4.78 is 0. The van der Waals surface area contributed by atoms with Gasteiger partial charge in [-0.05, 0) is 30.0 Å². The minimum Gasteiger partial charge on any atom is -0.480 e. The molecule has 138 valence electrons. The highest BCUT2D eigenvalue weighted by molar-refractivity contribution is 7.17. The predicted molar refractivity (Wildman–Crippen MR) is 103 cm³/mol. The lowest BCUT2D eigenvalue weighted by molar-refractivity contribution is -0.384. The third-order valence-electron chi connectivity index (χ3n) is 4.57. The first kappa shape index (κ1) is 17.6. The summed E-state index contributed by atoms with van der Waals surface area (Å²) in [7, 11) is 0. The lowest BCUT2D eigenvalue weighted by atomic mass is 10.0. The second-order valence-corrected chi connectivity index (χ2v) is 7.34. The number of non-ortho nitro benzene ring substituents is 1. The minimum absolute atomic E-state index is 0.0205. The van der Waals surface area contributed by atoms with Crippen LogP contribution in [0.4, 0.5) is 11.5 Å². The van der Waals surface area contributed by atoms with Gasteiger partial charge in [0.05, 0.1) is 10.3 Å². The number of aliphatic carboxylic acids is 1. The Morgan fingerprint density at radius 3 is 2.96 bits per heavy atom. The SMILES string of the molecule is O=C(O)C1CCCN1c1nc(Cl)nc2scc(-c3cccc([N+](=O)[O-])c3)c12. The van der Waals surface area contributed by atoms with Crippen molar-refractivity contribution in [2.24, 2.45) is 0 Å². The zero-order valence-corrected chi connectivity index (χ0v) is 15.4. The van der Waals surface area contributed by atoms with E-state index in [0.717, 1.165) is 12.0 Å². The molecule has 1 N–H and O–H groups in total. The lowest BCUT2D eigenvalue weighted by Crippen LogP contribution is -2.36. The molecule has 0 amide bonds. The smallest absolute Gasteiger partial charge is 0.326 e. The summed E-state index contributed by atoms with van der Waals surface area (Å²) in [5, 5.41) is 23.2. The van der Waals surface area contributed by atoms with E-state index in [1.54, 1.807) is 17.0 Å². The van der Waals surface area contributed by atoms with Gasteiger partial charge >= 0.3 is 5.97 Å². The van der Waals surface area contributed by atoms with Crippen LogP contribution in [0.3, 0.4) is 0 Å². The summed E-state index contributed by atoms with van der Waals surface area (Å²) in [6.45, 7) is 0.545. The van der Waals surface area contributed by atoms with Gasteiger partial charge in [0.25, 0.3) is 5.69 Å². The molecule has 0 spiro atoms. The van der Waals surface area contributed by atoms with Gasteiger partial charge in [-0.3, -0.25) is 10.1 Å². The Hall–Kier alpha value is -2.78. The largest absolute Gasteiger partial charge is 0.480 e. The average molecular weight is 405 g/mol. The molecule has 1 aromatic carbocycles. The third-order valence-corrected chi connectivity index (χ3v) is 5.61. The monoisotopic (exact) mass is 404 g/mol. The van der Waals surface area contributed by atoms with Gasteiger partial charge in [0, 0.05) is 29.6 Å². The number of carboxylic acids is 1. The number of anilines is 1. The quantitative estimate of drug-likeness (QED) is 0.398. The van der Waals surface area contributed by atoms with Crippen molar-refractivity contribution in [1.82, 2.24) is 9.97 Å². The van der Waals surface area contributed by atoms with Crippen LogP contribution < -0.4 is 4.90 Å². The summed E-state index contributed by atoms with van der Waals surface area (Å²) in [5.74, 6) is -0.458. The summed E-state index contributed by atoms with van der Waals surface area (Å²) in [4.78, 5) is 33.2. The van der Waals surface area contributed by atoms with Crippen LogP contribution in [0.1, 0.15) is 12.8 Å². The molecule has 27 heavy (non-hydrogen) atoms. The van der Waals surface area contributed by atoms with Crippen molar-refractivity contribution in [3.05, 3.63) is 45.0 Å². The number of hydrogen-bond donors (Lipinski definition) is 1. The van der Waals surface area contributed by atoms with Gasteiger partial charge in [-0.25, -0.2) is 9.78 Å². The number of halogens is 1. The number of hydrogen-bond acceptors (Lipinski definition) is 7. The maximum atomic E-state index is 11.6. The molecule has 10 heteroatoms. The van der Waals surface area contributed by atoms with E-state index >= 15 is 0 Å². The fourth-order valence-electron chi connectivity index (χ4n) is 3.38. The van der Waals surface area contributed by atoms with Gasteiger partial charge in [-0.15, -0.1) is 11.3 Å². The number of thiophene rings is 1. The second-order valence-electron chi connectivity index (χ2n) is 6.14. The van der Waals surface area contributed by atoms with E-state index in [-0.39, 0.29) is 11.0 Å². The van der Waals surface area contributed by atoms with Crippen LogP contribution in [0.15, 0.2) is 29.6 Å². The highest BCUT2D eigenvalue weighted by Gasteiger charge is 2.33. The molecule has 1 atom stereocenters. The zero-order valence-electron chi connectivity index (χ0n) is 13.8. The van der Waals surface area contributed by atoms with Gasteiger partial charge < -0.3 is 10.0 Å². The molecule has 1 aliphatic rings. The zero-order chi connectivity index (χ0) is 19.1. The molecule has 0 saturated carbocycles. The van der Waals surface area contributed by atoms with Crippen molar-refractivity contribution in [3.63, 3.8) is 0 Å². The number of rotatable bonds is 4. The number of carbonyl (C=O) groups is 1. The normalized spacial score (nSPS) is 16.8. The molecule has 1 unspecified atom stereocenters. The summed E-state index contributed by atoms with van der Waals surface area (Å²) in [6, 6.07) is 5.61. The Morgan fingerprint density at radius 2 is 2.22 bits per heavy atom. The highest BCUT2D eigenvalue weighted by atomic mass is 35.5. The standard InChI is InChI=1S/C17H13ClN4O4S/c18-17-19-14(21-6-2-5-12(21)16(23)24)13-11(8-27-15(13)20-17)9-3-1-4-10(7-9)22(25)26/h1,3-4,7-8,12H,2,5-6H2,(H,23,24). The molecular weight excluding hydrogens is 392 g/mol. The summed E-state index contributed by atoms with van der Waals surface area (Å²) in [6.07, 6.45) is 1.26. The van der Waals surface area contributed by atoms with Crippen LogP contribution in [0, 0.1) is 10.1 Å². The Kier molecular flexibility index (Phi) is 4.40. The highest BCUT2D eigenvalue weighted by Crippen LogP contribution is 2.41. The molecule has 1 fully saturated rings. The van der Waals surface area contributed by atoms with Crippen LogP contribution in [-0.2, 0) is 4.79 Å². The predicted octanol–water partition coefficient (Wildman–Crippen LogP) is 3.97. The molecule has 1 aliphatic heterocycles. The fraction of sp³-hybridized carbons (Fsp3) is 0.235. The third kappa shape index (κ3) is 3.08. The van der Waals surface area contributed by atoms with Gasteiger partial charge in [-0.2, -0.15) is 4.98 Å². The number of nitrogens with zero attached hydrogens (tertiary/aromatic N) is 4. The fourth-order valence-corrected chi connectivity index (χ4v) is 4.54. The van der Waals surface area contributed by atoms with Crippen molar-refractivity contribution in [2.45, 2.75) is 18.9 Å². The number of nitro groups is 1. The van der Waals surface area contributed by atoms with Crippen molar-refractivity contribution in [3.8, 4) is 11.1 Å². The molecule has 0 radical (unpaired) electrons. The van der Waals surface area contributed by atoms with Gasteiger partial charge in [-0.1, -0.05) is 12.1 Å². The Bertz CT molecular complexity index is 1070. The average Bonchev–Trinajstić information content (AvgIpc) is 3.28. The van der Waals surface area contributed by atoms with Crippen molar-refractivity contribution in [2.75, 3.05) is 11.4 Å². The van der Waals surface area contributed by atoms with E-state index in [9.17, 15) is 20.0 Å². The van der Waals surface area contributed by atoms with Gasteiger partial charge in [0.15, 0.2) is 0 Å². The number of nitro benzene ring substituents is 1. The van der Waals surface area contributed by atoms with Crippen LogP contribution in [0.2, 0.25) is 5.28 Å². The summed E-state index contributed by atoms with van der Waals surface area (Å²) in [5.41, 5.74) is 1.35. The first-order chi connectivity index (χ1) is 13.0. The molecular formula is C17H13ClN4O4S. The molecule has 0 aliphatic carbocycles. The minimum atomic E-state index is -0.914. The number of fused-ring (bicyclic) bond motifs is 1. The molecule has 2 aromatic heterocycles. The van der Waals surface area contributed by atoms with Gasteiger partial charge in [0.2, 0.25) is 5.28 Å². The first-order valence-electron chi connectivity index (χ1n) is 8.14. The number of carboxylic acid groups (broad SMARTS) is 1. The maximum Gasteiger partial charge on any atom is 0.326 e.